The molecular formula is C24H18Cl2N2P2Zr. The average Bonchev–Trinajstić information content (AvgIpc) is 3.55. The number of allylic oxidation sites excluding steroid dienone is 2. The van der Waals surface area contributed by atoms with Gasteiger partial charge in [0.1, 0.15) is 0 Å². The summed E-state index contributed by atoms with van der Waals surface area (Å²) in [6, 6.07) is 18.1. The van der Waals surface area contributed by atoms with Gasteiger partial charge in [0, 0.05) is 0 Å². The van der Waals surface area contributed by atoms with Crippen LogP contribution in [0.1, 0.15) is 29.5 Å². The van der Waals surface area contributed by atoms with E-state index in [4.69, 9.17) is 0 Å². The number of benzene rings is 2. The third-order valence-electron chi connectivity index (χ3n) is 5.75. The largest absolute Gasteiger partial charge is 1.00 e. The van der Waals surface area contributed by atoms with Gasteiger partial charge < -0.3 is 24.8 Å². The molecule has 2 aromatic carbocycles. The first kappa shape index (κ1) is 23.0. The van der Waals surface area contributed by atoms with E-state index >= 15 is 0 Å². The normalized spacial score (nSPS) is 19.2. The Bertz CT molecular complexity index is 1150. The minimum absolute atomic E-state index is 0. The van der Waals surface area contributed by atoms with Gasteiger partial charge in [0.15, 0.2) is 0 Å². The molecule has 0 bridgehead atoms. The number of rotatable bonds is 4. The Morgan fingerprint density at radius 3 is 1.52 bits per heavy atom. The van der Waals surface area contributed by atoms with Gasteiger partial charge in [-0.25, -0.2) is 0 Å². The molecule has 4 aromatic rings. The van der Waals surface area contributed by atoms with E-state index in [1.54, 1.807) is 21.8 Å². The molecule has 0 aliphatic heterocycles. The number of aromatic nitrogens is 2. The van der Waals surface area contributed by atoms with Gasteiger partial charge in [0.25, 0.3) is 0 Å². The zero-order valence-corrected chi connectivity index (χ0v) is 22.2. The predicted octanol–water partition coefficient (Wildman–Crippen LogP) is 1.35. The second-order valence-electron chi connectivity index (χ2n) is 7.37. The van der Waals surface area contributed by atoms with Gasteiger partial charge in [-0.05, 0) is 0 Å². The van der Waals surface area contributed by atoms with Crippen LogP contribution in [-0.2, 0) is 23.2 Å². The monoisotopic (exact) mass is 556 g/mol. The molecule has 2 aliphatic carbocycles. The Hall–Kier alpha value is -1.20. The van der Waals surface area contributed by atoms with Crippen molar-refractivity contribution in [3.05, 3.63) is 107 Å². The van der Waals surface area contributed by atoms with E-state index in [-0.39, 0.29) is 39.9 Å². The van der Waals surface area contributed by atoms with Crippen LogP contribution < -0.4 is 24.8 Å². The van der Waals surface area contributed by atoms with E-state index in [1.165, 1.54) is 11.1 Å². The molecule has 6 rings (SSSR count). The van der Waals surface area contributed by atoms with Crippen molar-refractivity contribution in [1.82, 2.24) is 9.97 Å². The molecule has 0 radical (unpaired) electrons. The van der Waals surface area contributed by atoms with E-state index < -0.39 is 23.2 Å². The number of hydrogen-bond donors (Lipinski definition) is 0. The van der Waals surface area contributed by atoms with E-state index in [1.807, 2.05) is 12.4 Å². The van der Waals surface area contributed by atoms with Gasteiger partial charge in [0.05, 0.1) is 0 Å². The van der Waals surface area contributed by atoms with E-state index in [2.05, 4.69) is 94.1 Å². The molecule has 2 nitrogen and oxygen atoms in total. The van der Waals surface area contributed by atoms with Crippen LogP contribution in [0.4, 0.5) is 0 Å². The summed E-state index contributed by atoms with van der Waals surface area (Å²) in [4.78, 5) is 8.84. The van der Waals surface area contributed by atoms with E-state index in [0.29, 0.717) is 7.25 Å². The third kappa shape index (κ3) is 4.13. The maximum absolute atomic E-state index is 4.42. The zero-order chi connectivity index (χ0) is 19.2. The second kappa shape index (κ2) is 9.74. The topological polar surface area (TPSA) is 25.8 Å². The van der Waals surface area contributed by atoms with Crippen LogP contribution in [0, 0.1) is 0 Å². The zero-order valence-electron chi connectivity index (χ0n) is 16.4. The first-order chi connectivity index (χ1) is 14.4. The van der Waals surface area contributed by atoms with Crippen LogP contribution in [0.5, 0.6) is 0 Å². The standard InChI is InChI=1S/2C12H9NP.2ClH.Zr/c2*1-2-4-11-8-12(7-10(11)3-1)14-6-5-13-9-14;;;/h2*1-9H;2*1H;/q;;;;+2/p-2. The number of hydrogen-bond acceptors (Lipinski definition) is 2. The molecule has 31 heavy (non-hydrogen) atoms. The summed E-state index contributed by atoms with van der Waals surface area (Å²) in [5.41, 5.74) is 5.96. The first-order valence-electron chi connectivity index (χ1n) is 9.72. The van der Waals surface area contributed by atoms with Crippen molar-refractivity contribution in [3.8, 4) is 0 Å². The Morgan fingerprint density at radius 1 is 0.645 bits per heavy atom. The molecule has 4 atom stereocenters. The number of nitrogens with zero attached hydrogens (tertiary/aromatic N) is 2. The molecule has 0 N–H and O–H groups in total. The van der Waals surface area contributed by atoms with Crippen LogP contribution in [0.3, 0.4) is 0 Å². The fraction of sp³-hybridized carbons (Fsp3) is 0.0833. The van der Waals surface area contributed by atoms with Gasteiger partial charge in [0.2, 0.25) is 0 Å². The molecule has 2 aromatic heterocycles. The third-order valence-corrected chi connectivity index (χ3v) is 15.3. The van der Waals surface area contributed by atoms with Crippen LogP contribution in [-0.4, -0.2) is 9.97 Å². The average molecular weight is 559 g/mol. The van der Waals surface area contributed by atoms with Crippen molar-refractivity contribution in [1.29, 1.82) is 0 Å². The predicted molar refractivity (Wildman–Crippen MR) is 121 cm³/mol. The molecule has 2 heterocycles. The van der Waals surface area contributed by atoms with Crippen LogP contribution in [0.25, 0.3) is 22.8 Å². The van der Waals surface area contributed by atoms with E-state index in [0.717, 1.165) is 0 Å². The SMILES string of the molecule is C1=C(p2ccnc2)[CH]([Zr+2][CH]2C(p3ccnc3)=Cc3ccccc32)c2ccccc21.[Cl-].[Cl-]. The van der Waals surface area contributed by atoms with Gasteiger partial charge in [-0.2, -0.15) is 0 Å². The van der Waals surface area contributed by atoms with Crippen LogP contribution >= 0.6 is 15.1 Å². The van der Waals surface area contributed by atoms with Crippen LogP contribution in [0.15, 0.2) is 84.4 Å². The Labute approximate surface area is 208 Å². The van der Waals surface area contributed by atoms with E-state index in [9.17, 15) is 0 Å². The molecular weight excluding hydrogens is 540 g/mol. The summed E-state index contributed by atoms with van der Waals surface area (Å²) in [5.74, 6) is 8.98. The summed E-state index contributed by atoms with van der Waals surface area (Å²) in [6.45, 7) is 0. The number of fused-ring (bicyclic) bond motifs is 2. The van der Waals surface area contributed by atoms with Crippen molar-refractivity contribution in [3.63, 3.8) is 0 Å². The summed E-state index contributed by atoms with van der Waals surface area (Å²) in [6.07, 6.45) is 8.91. The fourth-order valence-electron chi connectivity index (χ4n) is 4.40. The molecule has 152 valence electrons. The first-order valence-corrected chi connectivity index (χ1v) is 15.5. The van der Waals surface area contributed by atoms with Crippen molar-refractivity contribution in [2.24, 2.45) is 0 Å². The van der Waals surface area contributed by atoms with Gasteiger partial charge in [-0.3, -0.25) is 0 Å². The molecule has 0 spiro atoms. The maximum atomic E-state index is 4.42. The Morgan fingerprint density at radius 2 is 1.10 bits per heavy atom. The Balaban J connectivity index is 0.00000116. The Kier molecular flexibility index (Phi) is 7.22. The van der Waals surface area contributed by atoms with Crippen molar-refractivity contribution in [2.75, 3.05) is 0 Å². The molecule has 4 unspecified atom stereocenters. The van der Waals surface area contributed by atoms with Crippen LogP contribution in [0.2, 0.25) is 0 Å². The molecule has 0 amide bonds. The van der Waals surface area contributed by atoms with Gasteiger partial charge in [-0.15, -0.1) is 0 Å². The summed E-state index contributed by atoms with van der Waals surface area (Å²) >= 11 is -0.875. The fourth-order valence-corrected chi connectivity index (χ4v) is 14.8. The van der Waals surface area contributed by atoms with Crippen molar-refractivity contribution < 1.29 is 48.0 Å². The van der Waals surface area contributed by atoms with Gasteiger partial charge >= 0.3 is 185 Å². The molecule has 0 saturated heterocycles. The van der Waals surface area contributed by atoms with Crippen molar-refractivity contribution in [2.45, 2.75) is 7.25 Å². The minimum atomic E-state index is -0.875. The molecule has 7 heteroatoms. The quantitative estimate of drug-likeness (QED) is 0.378. The van der Waals surface area contributed by atoms with Crippen molar-refractivity contribution >= 4 is 37.8 Å². The number of halogens is 2. The molecule has 0 fully saturated rings. The minimum Gasteiger partial charge on any atom is -1.00 e. The second-order valence-corrected chi connectivity index (χ2v) is 14.7. The molecule has 2 aliphatic rings. The smallest absolute Gasteiger partial charge is 1.00 e. The summed E-state index contributed by atoms with van der Waals surface area (Å²) < 4.78 is 1.24. The summed E-state index contributed by atoms with van der Waals surface area (Å²) in [7, 11) is -0.734. The molecule has 0 saturated carbocycles. The van der Waals surface area contributed by atoms with Gasteiger partial charge in [-0.1, -0.05) is 0 Å². The summed E-state index contributed by atoms with van der Waals surface area (Å²) in [5, 5.41) is 3.25. The maximum Gasteiger partial charge on any atom is -1.00 e.